The highest BCUT2D eigenvalue weighted by atomic mass is 32.1. The molecule has 0 bridgehead atoms. The highest BCUT2D eigenvalue weighted by Crippen LogP contribution is 2.28. The van der Waals surface area contributed by atoms with Crippen molar-refractivity contribution in [3.8, 4) is 5.75 Å². The van der Waals surface area contributed by atoms with Gasteiger partial charge in [-0.05, 0) is 49.5 Å². The Balaban J connectivity index is 1.30. The number of nitrogens with zero attached hydrogens (tertiary/aromatic N) is 3. The molecule has 156 valence electrons. The van der Waals surface area contributed by atoms with Crippen LogP contribution in [0.5, 0.6) is 5.75 Å². The van der Waals surface area contributed by atoms with E-state index >= 15 is 0 Å². The highest BCUT2D eigenvalue weighted by molar-refractivity contribution is 7.10. The third-order valence-corrected chi connectivity index (χ3v) is 6.88. The molecule has 2 aliphatic rings. The number of likely N-dealkylation sites (tertiary alicyclic amines) is 2. The maximum absolute atomic E-state index is 6.14. The Morgan fingerprint density at radius 1 is 1.10 bits per heavy atom. The standard InChI is InChI=1S/C23H32N4OS/c1-24-23(25-18-21(22-10-7-17-29-22)26-13-5-6-14-26)27-15-11-20(12-16-27)28-19-8-3-2-4-9-19/h2-4,7-10,17,20-21H,5-6,11-16,18H2,1H3,(H,24,25). The molecule has 2 aliphatic heterocycles. The van der Waals surface area contributed by atoms with Gasteiger partial charge in [-0.25, -0.2) is 0 Å². The number of hydrogen-bond donors (Lipinski definition) is 1. The Labute approximate surface area is 178 Å². The summed E-state index contributed by atoms with van der Waals surface area (Å²) in [5.74, 6) is 1.99. The van der Waals surface area contributed by atoms with E-state index in [-0.39, 0.29) is 6.10 Å². The van der Waals surface area contributed by atoms with Gasteiger partial charge >= 0.3 is 0 Å². The van der Waals surface area contributed by atoms with Gasteiger partial charge in [0.25, 0.3) is 0 Å². The minimum absolute atomic E-state index is 0.287. The normalized spacial score (nSPS) is 20.0. The summed E-state index contributed by atoms with van der Waals surface area (Å²) in [7, 11) is 1.89. The number of piperidine rings is 1. The van der Waals surface area contributed by atoms with Gasteiger partial charge in [-0.15, -0.1) is 11.3 Å². The van der Waals surface area contributed by atoms with Crippen molar-refractivity contribution in [3.63, 3.8) is 0 Å². The molecule has 2 saturated heterocycles. The van der Waals surface area contributed by atoms with E-state index in [1.165, 1.54) is 30.8 Å². The van der Waals surface area contributed by atoms with Crippen molar-refractivity contribution in [2.45, 2.75) is 37.8 Å². The van der Waals surface area contributed by atoms with E-state index in [0.29, 0.717) is 6.04 Å². The van der Waals surface area contributed by atoms with Gasteiger partial charge in [-0.1, -0.05) is 24.3 Å². The lowest BCUT2D eigenvalue weighted by molar-refractivity contribution is 0.129. The molecule has 6 heteroatoms. The fraction of sp³-hybridized carbons (Fsp3) is 0.522. The molecule has 29 heavy (non-hydrogen) atoms. The Morgan fingerprint density at radius 3 is 2.52 bits per heavy atom. The van der Waals surface area contributed by atoms with Crippen molar-refractivity contribution in [1.82, 2.24) is 15.1 Å². The molecule has 1 aromatic heterocycles. The van der Waals surface area contributed by atoms with E-state index in [0.717, 1.165) is 44.2 Å². The number of guanidine groups is 1. The molecular formula is C23H32N4OS. The van der Waals surface area contributed by atoms with E-state index in [2.05, 4.69) is 37.6 Å². The summed E-state index contributed by atoms with van der Waals surface area (Å²) in [6.45, 7) is 5.26. The highest BCUT2D eigenvalue weighted by Gasteiger charge is 2.26. The van der Waals surface area contributed by atoms with Crippen molar-refractivity contribution in [3.05, 3.63) is 52.7 Å². The molecule has 0 aliphatic carbocycles. The quantitative estimate of drug-likeness (QED) is 0.575. The second-order valence-electron chi connectivity index (χ2n) is 7.82. The molecule has 1 atom stereocenters. The van der Waals surface area contributed by atoms with Crippen LogP contribution in [-0.4, -0.2) is 61.6 Å². The van der Waals surface area contributed by atoms with E-state index in [1.807, 2.05) is 48.7 Å². The molecule has 1 unspecified atom stereocenters. The first-order chi connectivity index (χ1) is 14.3. The van der Waals surface area contributed by atoms with Gasteiger partial charge in [0.05, 0.1) is 6.04 Å². The first-order valence-corrected chi connectivity index (χ1v) is 11.7. The van der Waals surface area contributed by atoms with Gasteiger partial charge in [0.15, 0.2) is 5.96 Å². The smallest absolute Gasteiger partial charge is 0.193 e. The number of rotatable bonds is 6. The molecular weight excluding hydrogens is 380 g/mol. The van der Waals surface area contributed by atoms with Crippen molar-refractivity contribution < 1.29 is 4.74 Å². The summed E-state index contributed by atoms with van der Waals surface area (Å²) in [4.78, 5) is 11.0. The Kier molecular flexibility index (Phi) is 7.06. The molecule has 1 N–H and O–H groups in total. The summed E-state index contributed by atoms with van der Waals surface area (Å²) in [5, 5.41) is 5.85. The van der Waals surface area contributed by atoms with Crippen LogP contribution in [0.25, 0.3) is 0 Å². The fourth-order valence-electron chi connectivity index (χ4n) is 4.34. The van der Waals surface area contributed by atoms with E-state index in [9.17, 15) is 0 Å². The second kappa shape index (κ2) is 10.1. The van der Waals surface area contributed by atoms with Gasteiger partial charge in [-0.3, -0.25) is 9.89 Å². The zero-order chi connectivity index (χ0) is 19.9. The molecule has 0 spiro atoms. The molecule has 0 saturated carbocycles. The third kappa shape index (κ3) is 5.31. The van der Waals surface area contributed by atoms with Crippen LogP contribution in [0, 0.1) is 0 Å². The molecule has 4 rings (SSSR count). The number of thiophene rings is 1. The Bertz CT molecular complexity index is 750. The van der Waals surface area contributed by atoms with Gasteiger partial charge in [-0.2, -0.15) is 0 Å². The maximum atomic E-state index is 6.14. The number of benzene rings is 1. The summed E-state index contributed by atoms with van der Waals surface area (Å²) < 4.78 is 6.14. The lowest BCUT2D eigenvalue weighted by atomic mass is 10.1. The van der Waals surface area contributed by atoms with Gasteiger partial charge in [0.2, 0.25) is 0 Å². The van der Waals surface area contributed by atoms with Crippen LogP contribution in [0.3, 0.4) is 0 Å². The number of para-hydroxylation sites is 1. The van der Waals surface area contributed by atoms with Crippen LogP contribution in [0.4, 0.5) is 0 Å². The fourth-order valence-corrected chi connectivity index (χ4v) is 5.20. The van der Waals surface area contributed by atoms with Crippen LogP contribution in [-0.2, 0) is 0 Å². The largest absolute Gasteiger partial charge is 0.490 e. The van der Waals surface area contributed by atoms with Crippen molar-refractivity contribution in [1.29, 1.82) is 0 Å². The monoisotopic (exact) mass is 412 g/mol. The van der Waals surface area contributed by atoms with Crippen LogP contribution in [0.1, 0.15) is 36.6 Å². The Hall–Kier alpha value is -2.05. The average Bonchev–Trinajstić information content (AvgIpc) is 3.48. The van der Waals surface area contributed by atoms with Crippen LogP contribution in [0.15, 0.2) is 52.8 Å². The molecule has 2 fully saturated rings. The number of hydrogen-bond acceptors (Lipinski definition) is 4. The predicted molar refractivity (Wildman–Crippen MR) is 121 cm³/mol. The second-order valence-corrected chi connectivity index (χ2v) is 8.80. The summed E-state index contributed by atoms with van der Waals surface area (Å²) in [5.41, 5.74) is 0. The minimum Gasteiger partial charge on any atom is -0.490 e. The van der Waals surface area contributed by atoms with Crippen molar-refractivity contribution in [2.75, 3.05) is 39.8 Å². The van der Waals surface area contributed by atoms with Crippen LogP contribution in [0.2, 0.25) is 0 Å². The van der Waals surface area contributed by atoms with Gasteiger partial charge in [0, 0.05) is 44.4 Å². The number of nitrogens with one attached hydrogen (secondary N) is 1. The zero-order valence-electron chi connectivity index (χ0n) is 17.3. The minimum atomic E-state index is 0.287. The van der Waals surface area contributed by atoms with Crippen molar-refractivity contribution in [2.24, 2.45) is 4.99 Å². The first-order valence-electron chi connectivity index (χ1n) is 10.8. The molecule has 2 aromatic rings. The lowest BCUT2D eigenvalue weighted by Crippen LogP contribution is -2.49. The van der Waals surface area contributed by atoms with E-state index < -0.39 is 0 Å². The molecule has 0 radical (unpaired) electrons. The SMILES string of the molecule is CN=C(NCC(c1cccs1)N1CCCC1)N1CCC(Oc2ccccc2)CC1. The third-order valence-electron chi connectivity index (χ3n) is 5.91. The van der Waals surface area contributed by atoms with E-state index in [4.69, 9.17) is 4.74 Å². The van der Waals surface area contributed by atoms with E-state index in [1.54, 1.807) is 0 Å². The molecule has 1 aromatic carbocycles. The number of aliphatic imine (C=N–C) groups is 1. The zero-order valence-corrected chi connectivity index (χ0v) is 18.1. The molecule has 5 nitrogen and oxygen atoms in total. The molecule has 0 amide bonds. The lowest BCUT2D eigenvalue weighted by Gasteiger charge is -2.35. The van der Waals surface area contributed by atoms with Crippen molar-refractivity contribution >= 4 is 17.3 Å². The first kappa shape index (κ1) is 20.2. The van der Waals surface area contributed by atoms with Gasteiger partial charge in [0.1, 0.15) is 11.9 Å². The predicted octanol–water partition coefficient (Wildman–Crippen LogP) is 4.00. The number of ether oxygens (including phenoxy) is 1. The topological polar surface area (TPSA) is 40.1 Å². The molecule has 3 heterocycles. The summed E-state index contributed by atoms with van der Waals surface area (Å²) in [6.07, 6.45) is 4.96. The summed E-state index contributed by atoms with van der Waals surface area (Å²) in [6, 6.07) is 15.0. The Morgan fingerprint density at radius 2 is 1.86 bits per heavy atom. The van der Waals surface area contributed by atoms with Crippen LogP contribution < -0.4 is 10.1 Å². The van der Waals surface area contributed by atoms with Crippen LogP contribution >= 0.6 is 11.3 Å². The average molecular weight is 413 g/mol. The summed E-state index contributed by atoms with van der Waals surface area (Å²) >= 11 is 1.86. The maximum Gasteiger partial charge on any atom is 0.193 e. The van der Waals surface area contributed by atoms with Gasteiger partial charge < -0.3 is 15.0 Å².